The topological polar surface area (TPSA) is 63.7 Å². The Balaban J connectivity index is 2.27. The van der Waals surface area contributed by atoms with Crippen molar-refractivity contribution in [3.63, 3.8) is 0 Å². The van der Waals surface area contributed by atoms with Crippen molar-refractivity contribution in [3.8, 4) is 0 Å². The molecule has 0 saturated heterocycles. The average molecular weight is 287 g/mol. The van der Waals surface area contributed by atoms with Gasteiger partial charge in [0, 0.05) is 6.54 Å². The molecule has 1 aliphatic heterocycles. The summed E-state index contributed by atoms with van der Waals surface area (Å²) in [4.78, 5) is 37.6. The molecule has 2 amide bonds. The number of methoxy groups -OCH3 is 1. The fourth-order valence-electron chi connectivity index (χ4n) is 2.37. The molecule has 21 heavy (non-hydrogen) atoms. The third-order valence-corrected chi connectivity index (χ3v) is 3.77. The van der Waals surface area contributed by atoms with Gasteiger partial charge in [-0.2, -0.15) is 0 Å². The van der Waals surface area contributed by atoms with Crippen LogP contribution in [-0.2, 0) is 9.53 Å². The third-order valence-electron chi connectivity index (χ3n) is 3.77. The number of imide groups is 1. The molecule has 0 aromatic heterocycles. The van der Waals surface area contributed by atoms with Gasteiger partial charge in [0.2, 0.25) is 0 Å². The molecule has 0 fully saturated rings. The third kappa shape index (κ3) is 2.59. The molecule has 0 saturated carbocycles. The van der Waals surface area contributed by atoms with Crippen LogP contribution in [0.15, 0.2) is 36.9 Å². The Morgan fingerprint density at radius 2 is 1.81 bits per heavy atom. The minimum absolute atomic E-state index is 0.00773. The number of rotatable bonds is 5. The Morgan fingerprint density at radius 3 is 2.24 bits per heavy atom. The summed E-state index contributed by atoms with van der Waals surface area (Å²) in [6, 6.07) is 6.63. The fourth-order valence-corrected chi connectivity index (χ4v) is 2.37. The molecule has 0 N–H and O–H groups in total. The van der Waals surface area contributed by atoms with E-state index in [1.807, 2.05) is 0 Å². The molecule has 1 aliphatic rings. The Bertz CT molecular complexity index is 573. The molecule has 0 aliphatic carbocycles. The molecule has 5 heteroatoms. The Labute approximate surface area is 123 Å². The van der Waals surface area contributed by atoms with Gasteiger partial charge in [-0.05, 0) is 18.1 Å². The van der Waals surface area contributed by atoms with Crippen LogP contribution in [0.4, 0.5) is 0 Å². The molecular weight excluding hydrogens is 270 g/mol. The molecule has 110 valence electrons. The highest BCUT2D eigenvalue weighted by Crippen LogP contribution is 2.25. The number of benzene rings is 1. The van der Waals surface area contributed by atoms with E-state index >= 15 is 0 Å². The predicted molar refractivity (Wildman–Crippen MR) is 76.7 cm³/mol. The number of hydrogen-bond donors (Lipinski definition) is 0. The number of ether oxygens (including phenoxy) is 1. The summed E-state index contributed by atoms with van der Waals surface area (Å²) in [6.45, 7) is 5.44. The summed E-state index contributed by atoms with van der Waals surface area (Å²) >= 11 is 0. The van der Waals surface area contributed by atoms with E-state index in [0.717, 1.165) is 4.90 Å². The molecule has 1 aromatic rings. The van der Waals surface area contributed by atoms with Gasteiger partial charge in [0.05, 0.1) is 24.2 Å². The minimum Gasteiger partial charge on any atom is -0.469 e. The van der Waals surface area contributed by atoms with Crippen molar-refractivity contribution in [2.24, 2.45) is 11.8 Å². The zero-order chi connectivity index (χ0) is 15.6. The Hall–Kier alpha value is -2.43. The van der Waals surface area contributed by atoms with Gasteiger partial charge in [0.25, 0.3) is 11.8 Å². The molecule has 1 aromatic carbocycles. The molecule has 0 radical (unpaired) electrons. The first-order chi connectivity index (χ1) is 10.0. The van der Waals surface area contributed by atoms with Crippen molar-refractivity contribution in [2.45, 2.75) is 6.92 Å². The lowest BCUT2D eigenvalue weighted by Gasteiger charge is -2.23. The van der Waals surface area contributed by atoms with Crippen LogP contribution >= 0.6 is 0 Å². The molecule has 5 nitrogen and oxygen atoms in total. The molecule has 0 bridgehead atoms. The minimum atomic E-state index is -0.616. The van der Waals surface area contributed by atoms with E-state index in [9.17, 15) is 14.4 Å². The van der Waals surface area contributed by atoms with Crippen LogP contribution in [0.3, 0.4) is 0 Å². The summed E-state index contributed by atoms with van der Waals surface area (Å²) in [5.41, 5.74) is 0.745. The fraction of sp³-hybridized carbons (Fsp3) is 0.312. The van der Waals surface area contributed by atoms with Crippen molar-refractivity contribution in [1.82, 2.24) is 4.90 Å². The number of nitrogens with zero attached hydrogens (tertiary/aromatic N) is 1. The summed E-state index contributed by atoms with van der Waals surface area (Å²) in [7, 11) is 1.29. The van der Waals surface area contributed by atoms with Crippen LogP contribution in [0.25, 0.3) is 0 Å². The van der Waals surface area contributed by atoms with Crippen molar-refractivity contribution in [1.29, 1.82) is 0 Å². The number of hydrogen-bond acceptors (Lipinski definition) is 4. The van der Waals surface area contributed by atoms with E-state index < -0.39 is 11.9 Å². The number of amides is 2. The van der Waals surface area contributed by atoms with Gasteiger partial charge in [-0.1, -0.05) is 25.1 Å². The maximum absolute atomic E-state index is 12.3. The second kappa shape index (κ2) is 5.91. The highest BCUT2D eigenvalue weighted by atomic mass is 16.5. The lowest BCUT2D eigenvalue weighted by molar-refractivity contribution is -0.146. The van der Waals surface area contributed by atoms with Crippen LogP contribution in [0.2, 0.25) is 0 Å². The highest BCUT2D eigenvalue weighted by molar-refractivity contribution is 6.21. The SMILES string of the molecule is C=CC(C)C(CN1C(=O)c2ccccc2C1=O)C(=O)OC. The highest BCUT2D eigenvalue weighted by Gasteiger charge is 2.38. The van der Waals surface area contributed by atoms with Gasteiger partial charge in [0.15, 0.2) is 0 Å². The number of carbonyl (C=O) groups is 3. The van der Waals surface area contributed by atoms with Gasteiger partial charge >= 0.3 is 5.97 Å². The summed E-state index contributed by atoms with van der Waals surface area (Å²) in [5, 5.41) is 0. The second-order valence-corrected chi connectivity index (χ2v) is 4.99. The molecule has 2 unspecified atom stereocenters. The predicted octanol–water partition coefficient (Wildman–Crippen LogP) is 1.89. The monoisotopic (exact) mass is 287 g/mol. The molecular formula is C16H17NO4. The first-order valence-electron chi connectivity index (χ1n) is 6.66. The molecule has 2 atom stereocenters. The van der Waals surface area contributed by atoms with Crippen LogP contribution < -0.4 is 0 Å². The van der Waals surface area contributed by atoms with E-state index in [1.165, 1.54) is 7.11 Å². The summed E-state index contributed by atoms with van der Waals surface area (Å²) in [5.74, 6) is -2.03. The van der Waals surface area contributed by atoms with E-state index in [4.69, 9.17) is 4.74 Å². The smallest absolute Gasteiger partial charge is 0.311 e. The normalized spacial score (nSPS) is 16.4. The summed E-state index contributed by atoms with van der Waals surface area (Å²) < 4.78 is 4.76. The second-order valence-electron chi connectivity index (χ2n) is 4.99. The van der Waals surface area contributed by atoms with E-state index in [0.29, 0.717) is 11.1 Å². The molecule has 1 heterocycles. The molecule has 2 rings (SSSR count). The van der Waals surface area contributed by atoms with Crippen molar-refractivity contribution < 1.29 is 19.1 Å². The van der Waals surface area contributed by atoms with Crippen LogP contribution in [-0.4, -0.2) is 36.3 Å². The summed E-state index contributed by atoms with van der Waals surface area (Å²) in [6.07, 6.45) is 1.61. The maximum Gasteiger partial charge on any atom is 0.311 e. The zero-order valence-electron chi connectivity index (χ0n) is 12.0. The average Bonchev–Trinajstić information content (AvgIpc) is 2.76. The van der Waals surface area contributed by atoms with Crippen LogP contribution in [0.5, 0.6) is 0 Å². The van der Waals surface area contributed by atoms with Gasteiger partial charge in [-0.15, -0.1) is 6.58 Å². The molecule has 0 spiro atoms. The number of esters is 1. The van der Waals surface area contributed by atoms with E-state index in [2.05, 4.69) is 6.58 Å². The van der Waals surface area contributed by atoms with Crippen LogP contribution in [0, 0.1) is 11.8 Å². The van der Waals surface area contributed by atoms with Gasteiger partial charge < -0.3 is 4.74 Å². The largest absolute Gasteiger partial charge is 0.469 e. The van der Waals surface area contributed by atoms with Crippen LogP contribution in [0.1, 0.15) is 27.6 Å². The van der Waals surface area contributed by atoms with Gasteiger partial charge in [-0.3, -0.25) is 19.3 Å². The maximum atomic E-state index is 12.3. The lowest BCUT2D eigenvalue weighted by atomic mass is 9.93. The Kier molecular flexibility index (Phi) is 4.21. The van der Waals surface area contributed by atoms with E-state index in [-0.39, 0.29) is 24.3 Å². The number of fused-ring (bicyclic) bond motifs is 1. The van der Waals surface area contributed by atoms with Crippen molar-refractivity contribution >= 4 is 17.8 Å². The standard InChI is InChI=1S/C16H17NO4/c1-4-10(2)13(16(20)21-3)9-17-14(18)11-7-5-6-8-12(11)15(17)19/h4-8,10,13H,1,9H2,2-3H3. The Morgan fingerprint density at radius 1 is 1.29 bits per heavy atom. The number of allylic oxidation sites excluding steroid dienone is 1. The lowest BCUT2D eigenvalue weighted by Crippen LogP contribution is -2.39. The quantitative estimate of drug-likeness (QED) is 0.471. The zero-order valence-corrected chi connectivity index (χ0v) is 12.0. The van der Waals surface area contributed by atoms with Crippen molar-refractivity contribution in [3.05, 3.63) is 48.0 Å². The number of carbonyl (C=O) groups excluding carboxylic acids is 3. The van der Waals surface area contributed by atoms with Gasteiger partial charge in [0.1, 0.15) is 0 Å². The first kappa shape index (κ1) is 15.0. The van der Waals surface area contributed by atoms with Gasteiger partial charge in [-0.25, -0.2) is 0 Å². The van der Waals surface area contributed by atoms with Crippen molar-refractivity contribution in [2.75, 3.05) is 13.7 Å². The van der Waals surface area contributed by atoms with E-state index in [1.54, 1.807) is 37.3 Å². The first-order valence-corrected chi connectivity index (χ1v) is 6.66.